The van der Waals surface area contributed by atoms with Gasteiger partial charge in [0, 0.05) is 15.5 Å². The molecule has 0 radical (unpaired) electrons. The highest BCUT2D eigenvalue weighted by molar-refractivity contribution is 9.10. The smallest absolute Gasteiger partial charge is 0.124 e. The summed E-state index contributed by atoms with van der Waals surface area (Å²) in [7, 11) is 0. The Hall–Kier alpha value is -0.900. The molecule has 2 N–H and O–H groups in total. The molecule has 2 aromatic carbocycles. The van der Waals surface area contributed by atoms with Gasteiger partial charge in [-0.2, -0.15) is 0 Å². The molecule has 0 saturated heterocycles. The number of nitrogens with two attached hydrogens (primary N) is 1. The third-order valence-corrected chi connectivity index (χ3v) is 4.51. The third-order valence-electron chi connectivity index (χ3n) is 3.08. The molecule has 1 nitrogen and oxygen atoms in total. The van der Waals surface area contributed by atoms with Gasteiger partial charge in [0.15, 0.2) is 0 Å². The Kier molecular flexibility index (Phi) is 4.61. The van der Waals surface area contributed by atoms with Crippen molar-refractivity contribution in [3.63, 3.8) is 0 Å². The number of rotatable bonds is 3. The minimum Gasteiger partial charge on any atom is -0.324 e. The average molecular weight is 343 g/mol. The van der Waals surface area contributed by atoms with Crippen LogP contribution in [0.4, 0.5) is 4.39 Å². The maximum atomic E-state index is 13.0. The molecular formula is C15H14BrClFN. The monoisotopic (exact) mass is 341 g/mol. The molecule has 0 saturated carbocycles. The molecule has 0 aromatic heterocycles. The second-order valence-corrected chi connectivity index (χ2v) is 5.72. The number of aryl methyl sites for hydroxylation is 1. The van der Waals surface area contributed by atoms with Crippen molar-refractivity contribution in [2.45, 2.75) is 19.4 Å². The maximum absolute atomic E-state index is 13.0. The summed E-state index contributed by atoms with van der Waals surface area (Å²) in [4.78, 5) is 0. The number of hydrogen-bond acceptors (Lipinski definition) is 1. The number of benzene rings is 2. The summed E-state index contributed by atoms with van der Waals surface area (Å²) in [5.41, 5.74) is 9.24. The lowest BCUT2D eigenvalue weighted by Gasteiger charge is -2.16. The van der Waals surface area contributed by atoms with Gasteiger partial charge in [0.25, 0.3) is 0 Å². The van der Waals surface area contributed by atoms with Gasteiger partial charge in [-0.25, -0.2) is 4.39 Å². The van der Waals surface area contributed by atoms with Gasteiger partial charge in [0.1, 0.15) is 5.82 Å². The Morgan fingerprint density at radius 3 is 2.74 bits per heavy atom. The van der Waals surface area contributed by atoms with Crippen molar-refractivity contribution in [3.05, 3.63) is 68.4 Å². The molecule has 0 aliphatic carbocycles. The third kappa shape index (κ3) is 3.35. The fourth-order valence-corrected chi connectivity index (χ4v) is 2.79. The van der Waals surface area contributed by atoms with Crippen molar-refractivity contribution in [1.82, 2.24) is 0 Å². The first-order valence-corrected chi connectivity index (χ1v) is 7.10. The zero-order valence-corrected chi connectivity index (χ0v) is 12.8. The largest absolute Gasteiger partial charge is 0.324 e. The SMILES string of the molecule is Cc1cccc(C(N)Cc2ccc(F)cc2Cl)c1Br. The molecular weight excluding hydrogens is 329 g/mol. The Morgan fingerprint density at radius 2 is 2.05 bits per heavy atom. The van der Waals surface area contributed by atoms with E-state index in [0.29, 0.717) is 11.4 Å². The van der Waals surface area contributed by atoms with E-state index in [1.807, 2.05) is 25.1 Å². The molecule has 1 unspecified atom stereocenters. The van der Waals surface area contributed by atoms with Gasteiger partial charge in [-0.05, 0) is 42.2 Å². The van der Waals surface area contributed by atoms with Crippen molar-refractivity contribution < 1.29 is 4.39 Å². The van der Waals surface area contributed by atoms with E-state index in [9.17, 15) is 4.39 Å². The minimum atomic E-state index is -0.334. The lowest BCUT2D eigenvalue weighted by Crippen LogP contribution is -2.14. The first kappa shape index (κ1) is 14.5. The summed E-state index contributed by atoms with van der Waals surface area (Å²) >= 11 is 9.58. The van der Waals surface area contributed by atoms with Crippen LogP contribution in [0.3, 0.4) is 0 Å². The molecule has 19 heavy (non-hydrogen) atoms. The summed E-state index contributed by atoms with van der Waals surface area (Å²) in [6.45, 7) is 2.02. The molecule has 4 heteroatoms. The van der Waals surface area contributed by atoms with Crippen LogP contribution in [0.5, 0.6) is 0 Å². The van der Waals surface area contributed by atoms with E-state index in [1.54, 1.807) is 6.07 Å². The lowest BCUT2D eigenvalue weighted by atomic mass is 9.98. The summed E-state index contributed by atoms with van der Waals surface area (Å²) in [6.07, 6.45) is 0.571. The van der Waals surface area contributed by atoms with Gasteiger partial charge >= 0.3 is 0 Å². The maximum Gasteiger partial charge on any atom is 0.124 e. The molecule has 0 fully saturated rings. The molecule has 0 amide bonds. The second kappa shape index (κ2) is 6.04. The van der Waals surface area contributed by atoms with Gasteiger partial charge in [-0.3, -0.25) is 0 Å². The average Bonchev–Trinajstić information content (AvgIpc) is 2.36. The zero-order chi connectivity index (χ0) is 14.0. The molecule has 0 aliphatic rings. The number of halogens is 3. The van der Waals surface area contributed by atoms with E-state index < -0.39 is 0 Å². The second-order valence-electron chi connectivity index (χ2n) is 4.52. The van der Waals surface area contributed by atoms with Gasteiger partial charge < -0.3 is 5.73 Å². The molecule has 0 bridgehead atoms. The van der Waals surface area contributed by atoms with E-state index in [4.69, 9.17) is 17.3 Å². The Morgan fingerprint density at radius 1 is 1.32 bits per heavy atom. The van der Waals surface area contributed by atoms with Crippen molar-refractivity contribution in [2.75, 3.05) is 0 Å². The molecule has 2 rings (SSSR count). The van der Waals surface area contributed by atoms with Gasteiger partial charge in [-0.1, -0.05) is 51.8 Å². The van der Waals surface area contributed by atoms with Crippen LogP contribution in [0.2, 0.25) is 5.02 Å². The first-order valence-electron chi connectivity index (χ1n) is 5.93. The van der Waals surface area contributed by atoms with E-state index in [0.717, 1.165) is 21.2 Å². The van der Waals surface area contributed by atoms with Crippen LogP contribution in [-0.2, 0) is 6.42 Å². The standard InChI is InChI=1S/C15H14BrClFN/c1-9-3-2-4-12(15(9)16)14(19)7-10-5-6-11(18)8-13(10)17/h2-6,8,14H,7,19H2,1H3. The van der Waals surface area contributed by atoms with Crippen molar-refractivity contribution in [2.24, 2.45) is 5.73 Å². The molecule has 1 atom stereocenters. The molecule has 100 valence electrons. The Bertz CT molecular complexity index is 601. The predicted octanol–water partition coefficient (Wildman–Crippen LogP) is 4.79. The van der Waals surface area contributed by atoms with Gasteiger partial charge in [0.05, 0.1) is 0 Å². The minimum absolute atomic E-state index is 0.183. The summed E-state index contributed by atoms with van der Waals surface area (Å²) in [5, 5.41) is 0.416. The quantitative estimate of drug-likeness (QED) is 0.852. The predicted molar refractivity (Wildman–Crippen MR) is 80.9 cm³/mol. The molecule has 0 aliphatic heterocycles. The first-order chi connectivity index (χ1) is 8.99. The van der Waals surface area contributed by atoms with Crippen molar-refractivity contribution in [3.8, 4) is 0 Å². The van der Waals surface area contributed by atoms with Crippen LogP contribution in [0, 0.1) is 12.7 Å². The van der Waals surface area contributed by atoms with Crippen molar-refractivity contribution >= 4 is 27.5 Å². The fraction of sp³-hybridized carbons (Fsp3) is 0.200. The van der Waals surface area contributed by atoms with Crippen LogP contribution < -0.4 is 5.73 Å². The highest BCUT2D eigenvalue weighted by Crippen LogP contribution is 2.29. The topological polar surface area (TPSA) is 26.0 Å². The van der Waals surface area contributed by atoms with Crippen LogP contribution in [0.25, 0.3) is 0 Å². The number of hydrogen-bond donors (Lipinski definition) is 1. The van der Waals surface area contributed by atoms with Crippen LogP contribution >= 0.6 is 27.5 Å². The van der Waals surface area contributed by atoms with E-state index in [-0.39, 0.29) is 11.9 Å². The van der Waals surface area contributed by atoms with E-state index in [2.05, 4.69) is 15.9 Å². The fourth-order valence-electron chi connectivity index (χ4n) is 1.99. The molecule has 2 aromatic rings. The molecule has 0 spiro atoms. The highest BCUT2D eigenvalue weighted by atomic mass is 79.9. The van der Waals surface area contributed by atoms with Crippen LogP contribution in [0.15, 0.2) is 40.9 Å². The van der Waals surface area contributed by atoms with Crippen LogP contribution in [0.1, 0.15) is 22.7 Å². The van der Waals surface area contributed by atoms with Crippen molar-refractivity contribution in [1.29, 1.82) is 0 Å². The summed E-state index contributed by atoms with van der Waals surface area (Å²) < 4.78 is 14.0. The van der Waals surface area contributed by atoms with Gasteiger partial charge in [0.2, 0.25) is 0 Å². The summed E-state index contributed by atoms with van der Waals surface area (Å²) in [6, 6.07) is 10.2. The lowest BCUT2D eigenvalue weighted by molar-refractivity contribution is 0.625. The summed E-state index contributed by atoms with van der Waals surface area (Å²) in [5.74, 6) is -0.334. The Labute approximate surface area is 125 Å². The Balaban J connectivity index is 2.25. The van der Waals surface area contributed by atoms with E-state index in [1.165, 1.54) is 12.1 Å². The van der Waals surface area contributed by atoms with E-state index >= 15 is 0 Å². The zero-order valence-electron chi connectivity index (χ0n) is 10.5. The van der Waals surface area contributed by atoms with Crippen LogP contribution in [-0.4, -0.2) is 0 Å². The normalized spacial score (nSPS) is 12.5. The highest BCUT2D eigenvalue weighted by Gasteiger charge is 2.13. The van der Waals surface area contributed by atoms with Gasteiger partial charge in [-0.15, -0.1) is 0 Å². The molecule has 0 heterocycles.